The van der Waals surface area contributed by atoms with E-state index >= 15 is 0 Å². The summed E-state index contributed by atoms with van der Waals surface area (Å²) < 4.78 is 38.8. The fourth-order valence-electron chi connectivity index (χ4n) is 2.17. The Balaban J connectivity index is 1.73. The lowest BCUT2D eigenvalue weighted by atomic mass is 10.1. The van der Waals surface area contributed by atoms with Crippen LogP contribution >= 0.6 is 0 Å². The van der Waals surface area contributed by atoms with E-state index in [-0.39, 0.29) is 23.7 Å². The molecule has 2 heterocycles. The minimum Gasteiger partial charge on any atom is -0.350 e. The maximum atomic E-state index is 12.9. The molecule has 3 rings (SSSR count). The van der Waals surface area contributed by atoms with Crippen molar-refractivity contribution in [3.63, 3.8) is 0 Å². The lowest BCUT2D eigenvalue weighted by molar-refractivity contribution is -0.138. The van der Waals surface area contributed by atoms with Crippen LogP contribution in [-0.2, 0) is 12.7 Å². The molecule has 0 radical (unpaired) electrons. The largest absolute Gasteiger partial charge is 0.416 e. The topological polar surface area (TPSA) is 86.5 Å². The average Bonchev–Trinajstić information content (AvgIpc) is 2.99. The van der Waals surface area contributed by atoms with Crippen LogP contribution in [0.4, 0.5) is 19.1 Å². The van der Waals surface area contributed by atoms with Crippen LogP contribution in [0.15, 0.2) is 47.7 Å². The van der Waals surface area contributed by atoms with Gasteiger partial charge in [-0.2, -0.15) is 13.2 Å². The van der Waals surface area contributed by atoms with Crippen molar-refractivity contribution in [1.29, 1.82) is 0 Å². The molecule has 2 aromatic heterocycles. The fraction of sp³-hybridized carbons (Fsp3) is 0.133. The molecule has 6 nitrogen and oxygen atoms in total. The standard InChI is InChI=1S/C15H12F3N5O/c16-15(17,18)11-4-2-1-3-9(11)5-19-13-20-6-10(7-21-13)12-8-22-14(24)23-12/h1-4,6-8H,5H2,(H,19,20,21)(H2,22,23,24). The number of H-pyrrole nitrogens is 2. The minimum atomic E-state index is -4.41. The maximum Gasteiger partial charge on any atom is 0.416 e. The molecule has 1 aromatic carbocycles. The van der Waals surface area contributed by atoms with Crippen molar-refractivity contribution in [2.75, 3.05) is 5.32 Å². The molecule has 0 atom stereocenters. The summed E-state index contributed by atoms with van der Waals surface area (Å²) in [6.07, 6.45) is -0.00886. The molecule has 0 aliphatic rings. The molecule has 0 unspecified atom stereocenters. The second kappa shape index (κ2) is 6.19. The molecule has 3 N–H and O–H groups in total. The average molecular weight is 335 g/mol. The monoisotopic (exact) mass is 335 g/mol. The van der Waals surface area contributed by atoms with Crippen molar-refractivity contribution in [1.82, 2.24) is 19.9 Å². The Morgan fingerprint density at radius 2 is 1.83 bits per heavy atom. The molecular formula is C15H12F3N5O. The maximum absolute atomic E-state index is 12.9. The zero-order valence-corrected chi connectivity index (χ0v) is 12.2. The first-order chi connectivity index (χ1) is 11.4. The van der Waals surface area contributed by atoms with Crippen molar-refractivity contribution in [2.24, 2.45) is 0 Å². The van der Waals surface area contributed by atoms with E-state index in [1.807, 2.05) is 0 Å². The van der Waals surface area contributed by atoms with E-state index in [0.717, 1.165) is 6.07 Å². The Hall–Kier alpha value is -3.10. The molecule has 0 spiro atoms. The highest BCUT2D eigenvalue weighted by molar-refractivity contribution is 5.56. The van der Waals surface area contributed by atoms with E-state index in [0.29, 0.717) is 11.3 Å². The van der Waals surface area contributed by atoms with E-state index in [4.69, 9.17) is 0 Å². The molecule has 0 aliphatic carbocycles. The first-order valence-electron chi connectivity index (χ1n) is 6.92. The Kier molecular flexibility index (Phi) is 4.07. The van der Waals surface area contributed by atoms with Gasteiger partial charge in [-0.25, -0.2) is 14.8 Å². The lowest BCUT2D eigenvalue weighted by Gasteiger charge is -2.13. The summed E-state index contributed by atoms with van der Waals surface area (Å²) in [6.45, 7) is -0.0595. The Morgan fingerprint density at radius 1 is 1.12 bits per heavy atom. The van der Waals surface area contributed by atoms with Gasteiger partial charge in [0, 0.05) is 30.7 Å². The number of imidazole rings is 1. The van der Waals surface area contributed by atoms with Crippen LogP contribution in [0.1, 0.15) is 11.1 Å². The molecular weight excluding hydrogens is 323 g/mol. The van der Waals surface area contributed by atoms with Gasteiger partial charge in [0.2, 0.25) is 5.95 Å². The number of aromatic amines is 2. The molecule has 124 valence electrons. The van der Waals surface area contributed by atoms with E-state index < -0.39 is 11.7 Å². The van der Waals surface area contributed by atoms with Crippen LogP contribution in [0, 0.1) is 0 Å². The molecule has 9 heteroatoms. The summed E-state index contributed by atoms with van der Waals surface area (Å²) in [5, 5.41) is 2.76. The third-order valence-corrected chi connectivity index (χ3v) is 3.32. The number of hydrogen-bond acceptors (Lipinski definition) is 4. The zero-order valence-electron chi connectivity index (χ0n) is 12.2. The first-order valence-corrected chi connectivity index (χ1v) is 6.92. The van der Waals surface area contributed by atoms with Crippen molar-refractivity contribution in [3.8, 4) is 11.3 Å². The van der Waals surface area contributed by atoms with Gasteiger partial charge < -0.3 is 15.3 Å². The Labute approximate surface area is 133 Å². The third-order valence-electron chi connectivity index (χ3n) is 3.32. The van der Waals surface area contributed by atoms with Crippen LogP contribution in [0.5, 0.6) is 0 Å². The highest BCUT2D eigenvalue weighted by Crippen LogP contribution is 2.32. The normalized spacial score (nSPS) is 11.5. The third kappa shape index (κ3) is 3.45. The number of nitrogens with one attached hydrogen (secondary N) is 3. The predicted molar refractivity (Wildman–Crippen MR) is 81.2 cm³/mol. The van der Waals surface area contributed by atoms with Gasteiger partial charge in [0.25, 0.3) is 0 Å². The van der Waals surface area contributed by atoms with Gasteiger partial charge in [-0.05, 0) is 11.6 Å². The number of nitrogens with zero attached hydrogens (tertiary/aromatic N) is 2. The van der Waals surface area contributed by atoms with E-state index in [1.165, 1.54) is 30.7 Å². The predicted octanol–water partition coefficient (Wildman–Crippen LogP) is 2.79. The van der Waals surface area contributed by atoms with Crippen molar-refractivity contribution >= 4 is 5.95 Å². The number of hydrogen-bond donors (Lipinski definition) is 3. The van der Waals surface area contributed by atoms with Crippen LogP contribution in [0.3, 0.4) is 0 Å². The number of halogens is 3. The zero-order chi connectivity index (χ0) is 17.2. The van der Waals surface area contributed by atoms with Crippen molar-refractivity contribution < 1.29 is 13.2 Å². The molecule has 0 saturated carbocycles. The van der Waals surface area contributed by atoms with Gasteiger partial charge in [-0.1, -0.05) is 18.2 Å². The molecule has 24 heavy (non-hydrogen) atoms. The molecule has 0 fully saturated rings. The number of benzene rings is 1. The SMILES string of the molecule is O=c1[nH]cc(-c2cnc(NCc3ccccc3C(F)(F)F)nc2)[nH]1. The summed E-state index contributed by atoms with van der Waals surface area (Å²) in [5.41, 5.74) is 0.158. The van der Waals surface area contributed by atoms with Crippen molar-refractivity contribution in [3.05, 3.63) is 64.5 Å². The van der Waals surface area contributed by atoms with Crippen LogP contribution < -0.4 is 11.0 Å². The van der Waals surface area contributed by atoms with E-state index in [9.17, 15) is 18.0 Å². The minimum absolute atomic E-state index is 0.0595. The van der Waals surface area contributed by atoms with Crippen LogP contribution in [0.2, 0.25) is 0 Å². The van der Waals surface area contributed by atoms with Crippen LogP contribution in [0.25, 0.3) is 11.3 Å². The first kappa shape index (κ1) is 15.8. The Morgan fingerprint density at radius 3 is 2.46 bits per heavy atom. The molecule has 3 aromatic rings. The van der Waals surface area contributed by atoms with Gasteiger partial charge >= 0.3 is 11.9 Å². The molecule has 0 amide bonds. The van der Waals surface area contributed by atoms with Crippen molar-refractivity contribution in [2.45, 2.75) is 12.7 Å². The van der Waals surface area contributed by atoms with Gasteiger partial charge in [0.15, 0.2) is 0 Å². The highest BCUT2D eigenvalue weighted by Gasteiger charge is 2.32. The second-order valence-electron chi connectivity index (χ2n) is 4.96. The van der Waals surface area contributed by atoms with Gasteiger partial charge in [-0.15, -0.1) is 0 Å². The van der Waals surface area contributed by atoms with Gasteiger partial charge in [0.1, 0.15) is 0 Å². The summed E-state index contributed by atoms with van der Waals surface area (Å²) in [5.74, 6) is 0.189. The highest BCUT2D eigenvalue weighted by atomic mass is 19.4. The summed E-state index contributed by atoms with van der Waals surface area (Å²) >= 11 is 0. The summed E-state index contributed by atoms with van der Waals surface area (Å²) in [4.78, 5) is 24.1. The van der Waals surface area contributed by atoms with E-state index in [2.05, 4.69) is 25.3 Å². The fourth-order valence-corrected chi connectivity index (χ4v) is 2.17. The number of anilines is 1. The quantitative estimate of drug-likeness (QED) is 0.684. The number of alkyl halides is 3. The number of rotatable bonds is 4. The van der Waals surface area contributed by atoms with Crippen LogP contribution in [-0.4, -0.2) is 19.9 Å². The second-order valence-corrected chi connectivity index (χ2v) is 4.96. The number of aromatic nitrogens is 4. The summed E-state index contributed by atoms with van der Waals surface area (Å²) in [6, 6.07) is 5.31. The van der Waals surface area contributed by atoms with Gasteiger partial charge in [-0.3, -0.25) is 0 Å². The van der Waals surface area contributed by atoms with E-state index in [1.54, 1.807) is 6.07 Å². The molecule has 0 saturated heterocycles. The lowest BCUT2D eigenvalue weighted by Crippen LogP contribution is -2.12. The van der Waals surface area contributed by atoms with Gasteiger partial charge in [0.05, 0.1) is 11.3 Å². The smallest absolute Gasteiger partial charge is 0.350 e. The Bertz CT molecular complexity index is 883. The molecule has 0 bridgehead atoms. The summed E-state index contributed by atoms with van der Waals surface area (Å²) in [7, 11) is 0. The molecule has 0 aliphatic heterocycles.